The lowest BCUT2D eigenvalue weighted by atomic mass is 10.2. The van der Waals surface area contributed by atoms with Gasteiger partial charge < -0.3 is 10.4 Å². The van der Waals surface area contributed by atoms with Gasteiger partial charge in [-0.05, 0) is 26.1 Å². The molecule has 0 saturated carbocycles. The van der Waals surface area contributed by atoms with E-state index in [1.807, 2.05) is 14.0 Å². The Morgan fingerprint density at radius 1 is 1.53 bits per heavy atom. The van der Waals surface area contributed by atoms with Crippen LogP contribution >= 0.6 is 0 Å². The molecular weight excluding hydrogens is 218 g/mol. The van der Waals surface area contributed by atoms with Gasteiger partial charge in [0.1, 0.15) is 11.1 Å². The molecule has 0 aliphatic rings. The predicted molar refractivity (Wildman–Crippen MR) is 66.2 cm³/mol. The molecule has 0 aliphatic carbocycles. The Morgan fingerprint density at radius 2 is 2.29 bits per heavy atom. The Hall–Kier alpha value is -1.88. The Bertz CT molecular complexity index is 592. The standard InChI is InChI=1S/C12H15N3O2/c1-8(13-2)6-15-7-14-9-4-3-5-10(16)11(9)12(15)17/h3-5,7-8,13,16H,6H2,1-2H3. The minimum atomic E-state index is -0.213. The van der Waals surface area contributed by atoms with Crippen LogP contribution in [-0.4, -0.2) is 27.7 Å². The highest BCUT2D eigenvalue weighted by Gasteiger charge is 2.09. The van der Waals surface area contributed by atoms with Gasteiger partial charge in [0.05, 0.1) is 11.8 Å². The topological polar surface area (TPSA) is 67.2 Å². The number of fused-ring (bicyclic) bond motifs is 1. The summed E-state index contributed by atoms with van der Waals surface area (Å²) in [5.74, 6) is -0.0218. The van der Waals surface area contributed by atoms with E-state index in [-0.39, 0.29) is 22.7 Å². The van der Waals surface area contributed by atoms with Crippen LogP contribution in [0.25, 0.3) is 10.9 Å². The van der Waals surface area contributed by atoms with Crippen molar-refractivity contribution in [1.82, 2.24) is 14.9 Å². The lowest BCUT2D eigenvalue weighted by Gasteiger charge is -2.12. The molecule has 1 unspecified atom stereocenters. The van der Waals surface area contributed by atoms with Crippen molar-refractivity contribution < 1.29 is 5.11 Å². The van der Waals surface area contributed by atoms with E-state index < -0.39 is 0 Å². The number of phenolic OH excluding ortho intramolecular Hbond substituents is 1. The first kappa shape index (κ1) is 11.6. The van der Waals surface area contributed by atoms with E-state index in [4.69, 9.17) is 0 Å². The third-order valence-corrected chi connectivity index (χ3v) is 2.79. The third kappa shape index (κ3) is 2.14. The average Bonchev–Trinajstić information content (AvgIpc) is 2.32. The number of rotatable bonds is 3. The summed E-state index contributed by atoms with van der Waals surface area (Å²) in [6.45, 7) is 2.49. The largest absolute Gasteiger partial charge is 0.507 e. The molecule has 5 nitrogen and oxygen atoms in total. The zero-order chi connectivity index (χ0) is 12.4. The molecule has 2 rings (SSSR count). The van der Waals surface area contributed by atoms with E-state index >= 15 is 0 Å². The lowest BCUT2D eigenvalue weighted by Crippen LogP contribution is -2.32. The molecule has 1 heterocycles. The number of benzene rings is 1. The number of phenols is 1. The maximum atomic E-state index is 12.1. The van der Waals surface area contributed by atoms with Crippen LogP contribution in [0.5, 0.6) is 5.75 Å². The van der Waals surface area contributed by atoms with E-state index in [2.05, 4.69) is 10.3 Å². The smallest absolute Gasteiger partial charge is 0.265 e. The Kier molecular flexibility index (Phi) is 3.10. The van der Waals surface area contributed by atoms with Crippen molar-refractivity contribution in [1.29, 1.82) is 0 Å². The fourth-order valence-electron chi connectivity index (χ4n) is 1.70. The highest BCUT2D eigenvalue weighted by molar-refractivity contribution is 5.83. The van der Waals surface area contributed by atoms with Crippen molar-refractivity contribution in [2.24, 2.45) is 0 Å². The van der Waals surface area contributed by atoms with Gasteiger partial charge in [0.2, 0.25) is 0 Å². The van der Waals surface area contributed by atoms with Gasteiger partial charge in [-0.3, -0.25) is 9.36 Å². The first-order chi connectivity index (χ1) is 8.13. The summed E-state index contributed by atoms with van der Waals surface area (Å²) in [5.41, 5.74) is 0.304. The first-order valence-corrected chi connectivity index (χ1v) is 5.48. The minimum absolute atomic E-state index is 0.0218. The molecule has 0 spiro atoms. The lowest BCUT2D eigenvalue weighted by molar-refractivity contribution is 0.477. The molecule has 0 bridgehead atoms. The third-order valence-electron chi connectivity index (χ3n) is 2.79. The maximum Gasteiger partial charge on any atom is 0.265 e. The second kappa shape index (κ2) is 4.55. The van der Waals surface area contributed by atoms with Crippen LogP contribution in [0.2, 0.25) is 0 Å². The molecule has 0 aliphatic heterocycles. The molecule has 2 aromatic rings. The van der Waals surface area contributed by atoms with E-state index in [0.717, 1.165) is 0 Å². The van der Waals surface area contributed by atoms with Crippen molar-refractivity contribution in [2.45, 2.75) is 19.5 Å². The summed E-state index contributed by atoms with van der Waals surface area (Å²) < 4.78 is 1.50. The van der Waals surface area contributed by atoms with Gasteiger partial charge in [-0.15, -0.1) is 0 Å². The SMILES string of the molecule is CNC(C)Cn1cnc2cccc(O)c2c1=O. The van der Waals surface area contributed by atoms with Crippen molar-refractivity contribution in [2.75, 3.05) is 7.05 Å². The molecular formula is C12H15N3O2. The summed E-state index contributed by atoms with van der Waals surface area (Å²) in [6.07, 6.45) is 1.51. The molecule has 0 radical (unpaired) electrons. The van der Waals surface area contributed by atoms with Crippen LogP contribution in [0.3, 0.4) is 0 Å². The van der Waals surface area contributed by atoms with Crippen LogP contribution in [-0.2, 0) is 6.54 Å². The second-order valence-corrected chi connectivity index (χ2v) is 4.06. The maximum absolute atomic E-state index is 12.1. The van der Waals surface area contributed by atoms with Gasteiger partial charge >= 0.3 is 0 Å². The van der Waals surface area contributed by atoms with Gasteiger partial charge in [-0.2, -0.15) is 0 Å². The molecule has 5 heteroatoms. The van der Waals surface area contributed by atoms with E-state index in [1.54, 1.807) is 12.1 Å². The molecule has 2 N–H and O–H groups in total. The van der Waals surface area contributed by atoms with Crippen molar-refractivity contribution in [3.05, 3.63) is 34.9 Å². The number of nitrogens with zero attached hydrogens (tertiary/aromatic N) is 2. The highest BCUT2D eigenvalue weighted by atomic mass is 16.3. The fraction of sp³-hybridized carbons (Fsp3) is 0.333. The molecule has 1 atom stereocenters. The van der Waals surface area contributed by atoms with Crippen LogP contribution in [0.1, 0.15) is 6.92 Å². The van der Waals surface area contributed by atoms with Gasteiger partial charge in [-0.1, -0.05) is 6.07 Å². The Morgan fingerprint density at radius 3 is 3.00 bits per heavy atom. The molecule has 17 heavy (non-hydrogen) atoms. The Labute approximate surface area is 98.7 Å². The molecule has 90 valence electrons. The van der Waals surface area contributed by atoms with Crippen molar-refractivity contribution in [3.63, 3.8) is 0 Å². The van der Waals surface area contributed by atoms with E-state index in [9.17, 15) is 9.90 Å². The van der Waals surface area contributed by atoms with Gasteiger partial charge in [0.15, 0.2) is 0 Å². The summed E-state index contributed by atoms with van der Waals surface area (Å²) >= 11 is 0. The number of likely N-dealkylation sites (N-methyl/N-ethyl adjacent to an activating group) is 1. The molecule has 0 amide bonds. The quantitative estimate of drug-likeness (QED) is 0.819. The molecule has 1 aromatic carbocycles. The van der Waals surface area contributed by atoms with E-state index in [1.165, 1.54) is 17.0 Å². The fourth-order valence-corrected chi connectivity index (χ4v) is 1.70. The van der Waals surface area contributed by atoms with E-state index in [0.29, 0.717) is 12.1 Å². The zero-order valence-electron chi connectivity index (χ0n) is 9.84. The van der Waals surface area contributed by atoms with Crippen LogP contribution < -0.4 is 10.9 Å². The number of hydrogen-bond acceptors (Lipinski definition) is 4. The number of hydrogen-bond donors (Lipinski definition) is 2. The van der Waals surface area contributed by atoms with Crippen molar-refractivity contribution >= 4 is 10.9 Å². The summed E-state index contributed by atoms with van der Waals surface area (Å²) in [4.78, 5) is 16.3. The molecule has 0 saturated heterocycles. The summed E-state index contributed by atoms with van der Waals surface area (Å²) in [5, 5.41) is 13.0. The second-order valence-electron chi connectivity index (χ2n) is 4.06. The van der Waals surface area contributed by atoms with Gasteiger partial charge in [0, 0.05) is 12.6 Å². The van der Waals surface area contributed by atoms with Crippen LogP contribution in [0.15, 0.2) is 29.3 Å². The zero-order valence-corrected chi connectivity index (χ0v) is 9.84. The minimum Gasteiger partial charge on any atom is -0.507 e. The number of aromatic nitrogens is 2. The number of aromatic hydroxyl groups is 1. The van der Waals surface area contributed by atoms with Crippen molar-refractivity contribution in [3.8, 4) is 5.75 Å². The first-order valence-electron chi connectivity index (χ1n) is 5.48. The van der Waals surface area contributed by atoms with Crippen LogP contribution in [0, 0.1) is 0 Å². The number of nitrogens with one attached hydrogen (secondary N) is 1. The normalized spacial score (nSPS) is 12.8. The highest BCUT2D eigenvalue weighted by Crippen LogP contribution is 2.18. The van der Waals surface area contributed by atoms with Gasteiger partial charge in [0.25, 0.3) is 5.56 Å². The van der Waals surface area contributed by atoms with Gasteiger partial charge in [-0.25, -0.2) is 4.98 Å². The predicted octanol–water partition coefficient (Wildman–Crippen LogP) is 0.710. The Balaban J connectivity index is 2.57. The molecule has 0 fully saturated rings. The summed E-state index contributed by atoms with van der Waals surface area (Å²) in [6, 6.07) is 5.04. The van der Waals surface area contributed by atoms with Crippen LogP contribution in [0.4, 0.5) is 0 Å². The average molecular weight is 233 g/mol. The summed E-state index contributed by atoms with van der Waals surface area (Å²) in [7, 11) is 1.83. The molecule has 1 aromatic heterocycles. The monoisotopic (exact) mass is 233 g/mol.